The first-order valence-corrected chi connectivity index (χ1v) is 7.44. The molecule has 4 nitrogen and oxygen atoms in total. The Kier molecular flexibility index (Phi) is 5.12. The van der Waals surface area contributed by atoms with E-state index in [9.17, 15) is 9.90 Å². The molecule has 0 aromatic heterocycles. The van der Waals surface area contributed by atoms with E-state index in [2.05, 4.69) is 0 Å². The molecule has 1 saturated carbocycles. The van der Waals surface area contributed by atoms with Crippen molar-refractivity contribution in [2.24, 2.45) is 0 Å². The quantitative estimate of drug-likeness (QED) is 0.821. The Labute approximate surface area is 124 Å². The summed E-state index contributed by atoms with van der Waals surface area (Å²) in [4.78, 5) is 14.4. The Hall–Kier alpha value is -1.42. The topological polar surface area (TPSA) is 49.8 Å². The average molecular weight is 298 g/mol. The standard InChI is InChI=1S/C15H20ClNO3/c1-20-14-7-6-11(10-13(14)18)15(19)17(9-3-8-16)12-4-2-5-12/h6-7,10,12,18H,2-5,8-9H2,1H3. The third kappa shape index (κ3) is 3.18. The fraction of sp³-hybridized carbons (Fsp3) is 0.533. The predicted molar refractivity (Wildman–Crippen MR) is 78.7 cm³/mol. The van der Waals surface area contributed by atoms with Crippen LogP contribution in [-0.4, -0.2) is 41.5 Å². The fourth-order valence-electron chi connectivity index (χ4n) is 2.37. The lowest BCUT2D eigenvalue weighted by Gasteiger charge is -2.37. The molecule has 110 valence electrons. The maximum absolute atomic E-state index is 12.6. The lowest BCUT2D eigenvalue weighted by molar-refractivity contribution is 0.0580. The zero-order valence-electron chi connectivity index (χ0n) is 11.6. The van der Waals surface area contributed by atoms with Crippen LogP contribution in [0.5, 0.6) is 11.5 Å². The van der Waals surface area contributed by atoms with E-state index in [1.54, 1.807) is 12.1 Å². The molecule has 0 heterocycles. The largest absolute Gasteiger partial charge is 0.504 e. The molecular formula is C15H20ClNO3. The third-order valence-corrected chi connectivity index (χ3v) is 4.00. The minimum absolute atomic E-state index is 0.00995. The molecule has 1 amide bonds. The number of aromatic hydroxyl groups is 1. The van der Waals surface area contributed by atoms with Crippen LogP contribution in [-0.2, 0) is 0 Å². The first kappa shape index (κ1) is 15.0. The summed E-state index contributed by atoms with van der Waals surface area (Å²) < 4.78 is 4.99. The minimum Gasteiger partial charge on any atom is -0.504 e. The van der Waals surface area contributed by atoms with Gasteiger partial charge in [-0.25, -0.2) is 0 Å². The van der Waals surface area contributed by atoms with Crippen molar-refractivity contribution in [1.29, 1.82) is 0 Å². The van der Waals surface area contributed by atoms with Crippen LogP contribution in [0.2, 0.25) is 0 Å². The number of benzene rings is 1. The predicted octanol–water partition coefficient (Wildman–Crippen LogP) is 3.02. The molecule has 20 heavy (non-hydrogen) atoms. The number of alkyl halides is 1. The Morgan fingerprint density at radius 2 is 2.25 bits per heavy atom. The zero-order valence-corrected chi connectivity index (χ0v) is 12.4. The van der Waals surface area contributed by atoms with Crippen molar-refractivity contribution in [3.8, 4) is 11.5 Å². The molecule has 1 fully saturated rings. The third-order valence-electron chi connectivity index (χ3n) is 3.73. The highest BCUT2D eigenvalue weighted by Crippen LogP contribution is 2.30. The summed E-state index contributed by atoms with van der Waals surface area (Å²) in [7, 11) is 1.48. The fourth-order valence-corrected chi connectivity index (χ4v) is 2.49. The number of nitrogens with zero attached hydrogens (tertiary/aromatic N) is 1. The van der Waals surface area contributed by atoms with Gasteiger partial charge in [0.2, 0.25) is 0 Å². The Balaban J connectivity index is 2.15. The summed E-state index contributed by atoms with van der Waals surface area (Å²) in [5, 5.41) is 9.79. The van der Waals surface area contributed by atoms with Crippen molar-refractivity contribution in [1.82, 2.24) is 4.90 Å². The zero-order chi connectivity index (χ0) is 14.5. The molecule has 0 aliphatic heterocycles. The van der Waals surface area contributed by atoms with Crippen molar-refractivity contribution in [3.05, 3.63) is 23.8 Å². The summed E-state index contributed by atoms with van der Waals surface area (Å²) in [6, 6.07) is 5.08. The van der Waals surface area contributed by atoms with Crippen LogP contribution < -0.4 is 4.74 Å². The van der Waals surface area contributed by atoms with Crippen LogP contribution in [0.4, 0.5) is 0 Å². The van der Waals surface area contributed by atoms with Gasteiger partial charge in [-0.2, -0.15) is 0 Å². The number of amides is 1. The van der Waals surface area contributed by atoms with Gasteiger partial charge in [0.25, 0.3) is 5.91 Å². The van der Waals surface area contributed by atoms with Crippen molar-refractivity contribution in [3.63, 3.8) is 0 Å². The van der Waals surface area contributed by atoms with E-state index in [1.165, 1.54) is 19.6 Å². The Morgan fingerprint density at radius 3 is 2.75 bits per heavy atom. The first-order chi connectivity index (χ1) is 9.67. The number of carbonyl (C=O) groups is 1. The number of rotatable bonds is 6. The molecule has 5 heteroatoms. The van der Waals surface area contributed by atoms with Crippen LogP contribution in [0.1, 0.15) is 36.0 Å². The van der Waals surface area contributed by atoms with E-state index in [0.29, 0.717) is 29.8 Å². The second kappa shape index (κ2) is 6.84. The van der Waals surface area contributed by atoms with Gasteiger partial charge < -0.3 is 14.7 Å². The van der Waals surface area contributed by atoms with Crippen molar-refractivity contribution in [2.75, 3.05) is 19.5 Å². The highest BCUT2D eigenvalue weighted by atomic mass is 35.5. The van der Waals surface area contributed by atoms with Gasteiger partial charge in [-0.3, -0.25) is 4.79 Å². The molecule has 1 aliphatic carbocycles. The molecule has 0 saturated heterocycles. The number of phenolic OH excluding ortho intramolecular Hbond substituents is 1. The first-order valence-electron chi connectivity index (χ1n) is 6.91. The Morgan fingerprint density at radius 1 is 1.50 bits per heavy atom. The molecule has 0 spiro atoms. The van der Waals surface area contributed by atoms with Gasteiger partial charge in [0.05, 0.1) is 7.11 Å². The molecule has 1 N–H and O–H groups in total. The van der Waals surface area contributed by atoms with Gasteiger partial charge in [-0.05, 0) is 43.9 Å². The van der Waals surface area contributed by atoms with Crippen LogP contribution >= 0.6 is 11.6 Å². The number of carbonyl (C=O) groups excluding carboxylic acids is 1. The lowest BCUT2D eigenvalue weighted by atomic mass is 9.90. The number of halogens is 1. The maximum Gasteiger partial charge on any atom is 0.254 e. The van der Waals surface area contributed by atoms with Gasteiger partial charge >= 0.3 is 0 Å². The van der Waals surface area contributed by atoms with Gasteiger partial charge in [-0.1, -0.05) is 0 Å². The van der Waals surface area contributed by atoms with Gasteiger partial charge in [0, 0.05) is 24.0 Å². The van der Waals surface area contributed by atoms with Crippen LogP contribution in [0.15, 0.2) is 18.2 Å². The van der Waals surface area contributed by atoms with Gasteiger partial charge in [-0.15, -0.1) is 11.6 Å². The van der Waals surface area contributed by atoms with Crippen molar-refractivity contribution in [2.45, 2.75) is 31.7 Å². The second-order valence-corrected chi connectivity index (χ2v) is 5.39. The monoisotopic (exact) mass is 297 g/mol. The number of hydrogen-bond donors (Lipinski definition) is 1. The number of methoxy groups -OCH3 is 1. The molecule has 2 rings (SSSR count). The van der Waals surface area contributed by atoms with Crippen molar-refractivity contribution >= 4 is 17.5 Å². The van der Waals surface area contributed by atoms with Gasteiger partial charge in [0.15, 0.2) is 11.5 Å². The van der Waals surface area contributed by atoms with E-state index >= 15 is 0 Å². The highest BCUT2D eigenvalue weighted by Gasteiger charge is 2.29. The molecule has 0 unspecified atom stereocenters. The van der Waals surface area contributed by atoms with E-state index in [1.807, 2.05) is 4.90 Å². The smallest absolute Gasteiger partial charge is 0.254 e. The number of hydrogen-bond acceptors (Lipinski definition) is 3. The molecule has 0 atom stereocenters. The normalized spacial score (nSPS) is 14.7. The average Bonchev–Trinajstić information content (AvgIpc) is 2.40. The molecule has 1 aliphatic rings. The van der Waals surface area contributed by atoms with Crippen LogP contribution in [0, 0.1) is 0 Å². The summed E-state index contributed by atoms with van der Waals surface area (Å²) in [5.74, 6) is 0.865. The summed E-state index contributed by atoms with van der Waals surface area (Å²) in [5.41, 5.74) is 0.491. The summed E-state index contributed by atoms with van der Waals surface area (Å²) in [6.07, 6.45) is 4.06. The molecule has 1 aromatic rings. The second-order valence-electron chi connectivity index (χ2n) is 5.01. The molecule has 1 aromatic carbocycles. The number of ether oxygens (including phenoxy) is 1. The molecule has 0 radical (unpaired) electrons. The summed E-state index contributed by atoms with van der Waals surface area (Å²) in [6.45, 7) is 0.666. The van der Waals surface area contributed by atoms with Gasteiger partial charge in [0.1, 0.15) is 0 Å². The van der Waals surface area contributed by atoms with Crippen molar-refractivity contribution < 1.29 is 14.6 Å². The number of phenols is 1. The maximum atomic E-state index is 12.6. The summed E-state index contributed by atoms with van der Waals surface area (Å²) >= 11 is 5.73. The Bertz CT molecular complexity index is 474. The highest BCUT2D eigenvalue weighted by molar-refractivity contribution is 6.17. The van der Waals surface area contributed by atoms with Crippen LogP contribution in [0.3, 0.4) is 0 Å². The van der Waals surface area contributed by atoms with Crippen LogP contribution in [0.25, 0.3) is 0 Å². The van der Waals surface area contributed by atoms with E-state index in [0.717, 1.165) is 19.3 Å². The SMILES string of the molecule is COc1ccc(C(=O)N(CCCCl)C2CCC2)cc1O. The van der Waals surface area contributed by atoms with E-state index < -0.39 is 0 Å². The molecule has 0 bridgehead atoms. The lowest BCUT2D eigenvalue weighted by Crippen LogP contribution is -2.44. The molecular weight excluding hydrogens is 278 g/mol. The van der Waals surface area contributed by atoms with E-state index in [4.69, 9.17) is 16.3 Å². The van der Waals surface area contributed by atoms with E-state index in [-0.39, 0.29) is 11.7 Å². The minimum atomic E-state index is -0.0437.